The maximum atomic E-state index is 12.3. The molecular weight excluding hydrogens is 394 g/mol. The topological polar surface area (TPSA) is 57.6 Å². The molecule has 0 fully saturated rings. The van der Waals surface area contributed by atoms with Gasteiger partial charge in [-0.1, -0.05) is 69.0 Å². The summed E-state index contributed by atoms with van der Waals surface area (Å²) >= 11 is 1.67. The van der Waals surface area contributed by atoms with Gasteiger partial charge in [0.25, 0.3) is 0 Å². The summed E-state index contributed by atoms with van der Waals surface area (Å²) in [6.07, 6.45) is 7.13. The minimum absolute atomic E-state index is 0.149. The van der Waals surface area contributed by atoms with Gasteiger partial charge in [-0.3, -0.25) is 9.59 Å². The van der Waals surface area contributed by atoms with Gasteiger partial charge in [0.1, 0.15) is 0 Å². The van der Waals surface area contributed by atoms with Crippen molar-refractivity contribution in [3.63, 3.8) is 0 Å². The van der Waals surface area contributed by atoms with Gasteiger partial charge in [0.05, 0.1) is 5.88 Å². The molecule has 0 atom stereocenters. The number of carbonyl (C=O) groups is 2. The number of carboxylic acids is 1. The molecular formula is C25H33NO3S. The van der Waals surface area contributed by atoms with Crippen LogP contribution in [0.3, 0.4) is 0 Å². The van der Waals surface area contributed by atoms with Gasteiger partial charge in [-0.05, 0) is 41.7 Å². The number of thioether (sulfide) groups is 1. The lowest BCUT2D eigenvalue weighted by Crippen LogP contribution is -2.25. The van der Waals surface area contributed by atoms with E-state index < -0.39 is 5.97 Å². The molecule has 4 nitrogen and oxygen atoms in total. The third-order valence-electron chi connectivity index (χ3n) is 5.09. The van der Waals surface area contributed by atoms with Gasteiger partial charge in [-0.25, -0.2) is 0 Å². The first-order valence-corrected chi connectivity index (χ1v) is 11.8. The highest BCUT2D eigenvalue weighted by atomic mass is 32.2. The van der Waals surface area contributed by atoms with Crippen LogP contribution in [-0.2, 0) is 16.0 Å². The Morgan fingerprint density at radius 2 is 1.67 bits per heavy atom. The fourth-order valence-electron chi connectivity index (χ4n) is 3.19. The lowest BCUT2D eigenvalue weighted by Gasteiger charge is -2.17. The number of rotatable bonds is 13. The predicted octanol–water partition coefficient (Wildman–Crippen LogP) is 6.24. The van der Waals surface area contributed by atoms with Gasteiger partial charge in [0, 0.05) is 24.8 Å². The number of carboxylic acid groups (broad SMARTS) is 1. The number of unbranched alkanes of at least 4 members (excludes halogenated alkanes) is 4. The molecule has 0 aliphatic rings. The molecule has 0 heterocycles. The number of aryl methyl sites for hydroxylation is 1. The fraction of sp³-hybridized carbons (Fsp3) is 0.440. The van der Waals surface area contributed by atoms with Crippen molar-refractivity contribution in [1.29, 1.82) is 0 Å². The van der Waals surface area contributed by atoms with E-state index in [2.05, 4.69) is 25.1 Å². The molecule has 0 bridgehead atoms. The Labute approximate surface area is 184 Å². The van der Waals surface area contributed by atoms with Gasteiger partial charge in [0.2, 0.25) is 5.91 Å². The molecule has 0 aliphatic heterocycles. The maximum absolute atomic E-state index is 12.3. The summed E-state index contributed by atoms with van der Waals surface area (Å²) in [7, 11) is 1.88. The number of hydrogen-bond donors (Lipinski definition) is 1. The molecule has 0 radical (unpaired) electrons. The number of carbonyl (C=O) groups excluding carboxylic acids is 1. The van der Waals surface area contributed by atoms with Crippen molar-refractivity contribution >= 4 is 23.6 Å². The number of hydrogen-bond acceptors (Lipinski definition) is 3. The second-order valence-corrected chi connectivity index (χ2v) is 8.67. The molecule has 1 amide bonds. The predicted molar refractivity (Wildman–Crippen MR) is 125 cm³/mol. The summed E-state index contributed by atoms with van der Waals surface area (Å²) in [5, 5.41) is 8.81. The Morgan fingerprint density at radius 1 is 0.933 bits per heavy atom. The normalized spacial score (nSPS) is 10.7. The summed E-state index contributed by atoms with van der Waals surface area (Å²) < 4.78 is 0. The zero-order chi connectivity index (χ0) is 21.8. The fourth-order valence-corrected chi connectivity index (χ4v) is 4.07. The smallest absolute Gasteiger partial charge is 0.303 e. The van der Waals surface area contributed by atoms with Gasteiger partial charge >= 0.3 is 5.97 Å². The number of benzene rings is 2. The molecule has 0 saturated heterocycles. The molecule has 0 spiro atoms. The first-order valence-electron chi connectivity index (χ1n) is 10.8. The molecule has 2 aromatic rings. The van der Waals surface area contributed by atoms with E-state index in [9.17, 15) is 9.59 Å². The third kappa shape index (κ3) is 8.62. The summed E-state index contributed by atoms with van der Waals surface area (Å²) in [6.45, 7) is 2.20. The van der Waals surface area contributed by atoms with Crippen molar-refractivity contribution in [2.24, 2.45) is 0 Å². The molecule has 1 N–H and O–H groups in total. The second kappa shape index (κ2) is 13.1. The van der Waals surface area contributed by atoms with Crippen LogP contribution in [0.2, 0.25) is 0 Å². The molecule has 0 saturated carbocycles. The van der Waals surface area contributed by atoms with Gasteiger partial charge in [0.15, 0.2) is 0 Å². The van der Waals surface area contributed by atoms with Crippen LogP contribution >= 0.6 is 11.8 Å². The van der Waals surface area contributed by atoms with E-state index in [-0.39, 0.29) is 12.3 Å². The Balaban J connectivity index is 1.85. The lowest BCUT2D eigenvalue weighted by molar-refractivity contribution is -0.137. The zero-order valence-corrected chi connectivity index (χ0v) is 18.9. The zero-order valence-electron chi connectivity index (χ0n) is 18.1. The van der Waals surface area contributed by atoms with Crippen LogP contribution in [0.4, 0.5) is 0 Å². The number of amides is 1. The van der Waals surface area contributed by atoms with Gasteiger partial charge in [-0.2, -0.15) is 0 Å². The summed E-state index contributed by atoms with van der Waals surface area (Å²) in [5.41, 5.74) is 3.25. The minimum Gasteiger partial charge on any atom is -0.481 e. The van der Waals surface area contributed by atoms with E-state index in [1.807, 2.05) is 42.3 Å². The van der Waals surface area contributed by atoms with Crippen LogP contribution in [0, 0.1) is 0 Å². The average molecular weight is 428 g/mol. The maximum Gasteiger partial charge on any atom is 0.303 e. The molecule has 0 aliphatic carbocycles. The van der Waals surface area contributed by atoms with E-state index in [1.165, 1.54) is 19.3 Å². The van der Waals surface area contributed by atoms with E-state index in [4.69, 9.17) is 5.11 Å². The van der Waals surface area contributed by atoms with Crippen molar-refractivity contribution in [3.05, 3.63) is 54.1 Å². The lowest BCUT2D eigenvalue weighted by atomic mass is 10.0. The average Bonchev–Trinajstić information content (AvgIpc) is 2.76. The Hall–Kier alpha value is -2.27. The number of nitrogens with zero attached hydrogens (tertiary/aromatic N) is 1. The highest BCUT2D eigenvalue weighted by Crippen LogP contribution is 2.26. The summed E-state index contributed by atoms with van der Waals surface area (Å²) in [5.74, 6) is 0.0848. The molecule has 5 heteroatoms. The molecule has 2 rings (SSSR count). The van der Waals surface area contributed by atoms with Gasteiger partial charge < -0.3 is 10.0 Å². The van der Waals surface area contributed by atoms with Gasteiger partial charge in [-0.15, -0.1) is 11.8 Å². The molecule has 30 heavy (non-hydrogen) atoms. The number of aliphatic carboxylic acids is 1. The quantitative estimate of drug-likeness (QED) is 0.233. The molecule has 162 valence electrons. The Kier molecular flexibility index (Phi) is 10.5. The summed E-state index contributed by atoms with van der Waals surface area (Å²) in [4.78, 5) is 25.9. The van der Waals surface area contributed by atoms with Crippen molar-refractivity contribution in [3.8, 4) is 11.1 Å². The van der Waals surface area contributed by atoms with E-state index in [1.54, 1.807) is 11.8 Å². The SMILES string of the molecule is CCCCCCCC(=O)N(C)CSc1cccc(-c2ccc(CCC(=O)O)cc2)c1. The van der Waals surface area contributed by atoms with Crippen LogP contribution < -0.4 is 0 Å². The Morgan fingerprint density at radius 3 is 2.37 bits per heavy atom. The van der Waals surface area contributed by atoms with Crippen molar-refractivity contribution < 1.29 is 14.7 Å². The van der Waals surface area contributed by atoms with Crippen LogP contribution in [-0.4, -0.2) is 34.8 Å². The third-order valence-corrected chi connectivity index (χ3v) is 6.20. The van der Waals surface area contributed by atoms with E-state index in [0.717, 1.165) is 34.4 Å². The Bertz CT molecular complexity index is 804. The highest BCUT2D eigenvalue weighted by Gasteiger charge is 2.09. The van der Waals surface area contributed by atoms with Crippen molar-refractivity contribution in [2.75, 3.05) is 12.9 Å². The van der Waals surface area contributed by atoms with Crippen molar-refractivity contribution in [2.45, 2.75) is 63.2 Å². The van der Waals surface area contributed by atoms with Crippen LogP contribution in [0.25, 0.3) is 11.1 Å². The monoisotopic (exact) mass is 427 g/mol. The largest absolute Gasteiger partial charge is 0.481 e. The molecule has 2 aromatic carbocycles. The van der Waals surface area contributed by atoms with E-state index in [0.29, 0.717) is 18.7 Å². The van der Waals surface area contributed by atoms with Crippen molar-refractivity contribution in [1.82, 2.24) is 4.90 Å². The second-order valence-electron chi connectivity index (χ2n) is 7.65. The summed E-state index contributed by atoms with van der Waals surface area (Å²) in [6, 6.07) is 16.4. The highest BCUT2D eigenvalue weighted by molar-refractivity contribution is 7.99. The van der Waals surface area contributed by atoms with E-state index >= 15 is 0 Å². The van der Waals surface area contributed by atoms with Crippen LogP contribution in [0.1, 0.15) is 57.4 Å². The molecule has 0 unspecified atom stereocenters. The standard InChI is InChI=1S/C25H33NO3S/c1-3-4-5-6-7-11-24(27)26(2)19-30-23-10-8-9-22(18-23)21-15-12-20(13-16-21)14-17-25(28)29/h8-10,12-13,15-16,18H,3-7,11,14,17,19H2,1-2H3,(H,28,29). The first-order chi connectivity index (χ1) is 14.5. The molecule has 0 aromatic heterocycles. The van der Waals surface area contributed by atoms with Crippen LogP contribution in [0.5, 0.6) is 0 Å². The van der Waals surface area contributed by atoms with Crippen LogP contribution in [0.15, 0.2) is 53.4 Å². The minimum atomic E-state index is -0.774. The first kappa shape index (κ1) is 24.0.